The van der Waals surface area contributed by atoms with Gasteiger partial charge in [-0.05, 0) is 44.6 Å². The molecule has 0 radical (unpaired) electrons. The Hall–Kier alpha value is -2.21. The summed E-state index contributed by atoms with van der Waals surface area (Å²) in [4.78, 5) is 32.3. The van der Waals surface area contributed by atoms with Gasteiger partial charge in [0, 0.05) is 6.04 Å². The summed E-state index contributed by atoms with van der Waals surface area (Å²) in [5, 5.41) is 0.846. The molecule has 5 nitrogen and oxygen atoms in total. The highest BCUT2D eigenvalue weighted by Gasteiger charge is 2.51. The largest absolute Gasteiger partial charge is 0.368 e. The zero-order valence-corrected chi connectivity index (χ0v) is 15.2. The number of rotatable bonds is 3. The van der Waals surface area contributed by atoms with E-state index in [1.54, 1.807) is 4.90 Å². The average Bonchev–Trinajstić information content (AvgIpc) is 3.28. The first-order valence-electron chi connectivity index (χ1n) is 8.62. The number of amides is 2. The lowest BCUT2D eigenvalue weighted by Crippen LogP contribution is -2.51. The molecule has 6 heteroatoms. The van der Waals surface area contributed by atoms with Gasteiger partial charge in [-0.3, -0.25) is 9.59 Å². The summed E-state index contributed by atoms with van der Waals surface area (Å²) in [7, 11) is 0. The maximum Gasteiger partial charge on any atom is 0.274 e. The van der Waals surface area contributed by atoms with Crippen molar-refractivity contribution in [3.8, 4) is 10.4 Å². The van der Waals surface area contributed by atoms with Gasteiger partial charge in [-0.15, -0.1) is 11.3 Å². The molecule has 2 amide bonds. The van der Waals surface area contributed by atoms with Crippen LogP contribution >= 0.6 is 11.3 Å². The number of piperidine rings is 1. The second-order valence-electron chi connectivity index (χ2n) is 7.06. The minimum atomic E-state index is -0.487. The van der Waals surface area contributed by atoms with Gasteiger partial charge in [0.2, 0.25) is 5.91 Å². The monoisotopic (exact) mass is 355 g/mol. The van der Waals surface area contributed by atoms with Gasteiger partial charge >= 0.3 is 0 Å². The van der Waals surface area contributed by atoms with Crippen molar-refractivity contribution in [1.29, 1.82) is 0 Å². The molecule has 2 bridgehead atoms. The number of carbonyl (C=O) groups is 2. The van der Waals surface area contributed by atoms with Crippen LogP contribution in [0.15, 0.2) is 24.3 Å². The highest BCUT2D eigenvalue weighted by molar-refractivity contribution is 7.15. The standard InChI is InChI=1S/C19H21N3O2S/c1-10-3-5-12(6-4-10)17-15(21-11(2)25-17)19(24)22-14-8-7-13(9-14)16(22)18(20)23/h3-6,13-14,16H,7-9H2,1-2H3,(H2,20,23)/t13-,14+,16-/m0/s1. The Bertz CT molecular complexity index is 843. The fourth-order valence-electron chi connectivity index (χ4n) is 4.24. The van der Waals surface area contributed by atoms with Gasteiger partial charge in [-0.1, -0.05) is 29.8 Å². The second-order valence-corrected chi connectivity index (χ2v) is 8.27. The summed E-state index contributed by atoms with van der Waals surface area (Å²) >= 11 is 1.52. The molecule has 3 atom stereocenters. The van der Waals surface area contributed by atoms with Crippen LogP contribution in [0.1, 0.15) is 40.3 Å². The van der Waals surface area contributed by atoms with Crippen LogP contribution in [-0.2, 0) is 4.79 Å². The number of carbonyl (C=O) groups excluding carboxylic acids is 2. The third kappa shape index (κ3) is 2.65. The number of likely N-dealkylation sites (tertiary alicyclic amines) is 1. The zero-order chi connectivity index (χ0) is 17.7. The van der Waals surface area contributed by atoms with Crippen LogP contribution in [0, 0.1) is 19.8 Å². The van der Waals surface area contributed by atoms with E-state index in [1.165, 1.54) is 16.9 Å². The Balaban J connectivity index is 1.74. The maximum atomic E-state index is 13.3. The van der Waals surface area contributed by atoms with Crippen LogP contribution in [0.25, 0.3) is 10.4 Å². The summed E-state index contributed by atoms with van der Waals surface area (Å²) in [6.07, 6.45) is 2.80. The van der Waals surface area contributed by atoms with E-state index in [-0.39, 0.29) is 17.9 Å². The number of thiazole rings is 1. The van der Waals surface area contributed by atoms with Crippen LogP contribution in [-0.4, -0.2) is 33.8 Å². The minimum absolute atomic E-state index is 0.114. The third-order valence-electron chi connectivity index (χ3n) is 5.36. The summed E-state index contributed by atoms with van der Waals surface area (Å²) in [6.45, 7) is 3.94. The molecule has 1 saturated carbocycles. The van der Waals surface area contributed by atoms with Gasteiger partial charge in [0.25, 0.3) is 5.91 Å². The number of nitrogens with zero attached hydrogens (tertiary/aromatic N) is 2. The minimum Gasteiger partial charge on any atom is -0.368 e. The molecule has 2 aromatic rings. The molecule has 2 N–H and O–H groups in total. The van der Waals surface area contributed by atoms with Gasteiger partial charge in [-0.2, -0.15) is 0 Å². The van der Waals surface area contributed by atoms with Crippen LogP contribution in [0.4, 0.5) is 0 Å². The van der Waals surface area contributed by atoms with E-state index < -0.39 is 11.9 Å². The van der Waals surface area contributed by atoms with Crippen LogP contribution in [0.3, 0.4) is 0 Å². The molecule has 2 aliphatic rings. The number of aromatic nitrogens is 1. The van der Waals surface area contributed by atoms with Crippen molar-refractivity contribution in [2.75, 3.05) is 0 Å². The first-order chi connectivity index (χ1) is 12.0. The Morgan fingerprint density at radius 3 is 2.60 bits per heavy atom. The lowest BCUT2D eigenvalue weighted by atomic mass is 9.97. The predicted molar refractivity (Wildman–Crippen MR) is 97.3 cm³/mol. The smallest absolute Gasteiger partial charge is 0.274 e. The topological polar surface area (TPSA) is 76.3 Å². The van der Waals surface area contributed by atoms with Gasteiger partial charge in [-0.25, -0.2) is 4.98 Å². The number of nitrogens with two attached hydrogens (primary N) is 1. The summed E-state index contributed by atoms with van der Waals surface area (Å²) in [6, 6.07) is 7.72. The molecule has 130 valence electrons. The first-order valence-corrected chi connectivity index (χ1v) is 9.44. The Morgan fingerprint density at radius 1 is 1.20 bits per heavy atom. The van der Waals surface area contributed by atoms with E-state index in [2.05, 4.69) is 4.98 Å². The SMILES string of the molecule is Cc1ccc(-c2sc(C)nc2C(=O)N2[C@@H]3CC[C@@H](C3)[C@H]2C(N)=O)cc1. The molecule has 1 saturated heterocycles. The third-order valence-corrected chi connectivity index (χ3v) is 6.38. The fraction of sp³-hybridized carbons (Fsp3) is 0.421. The molecule has 25 heavy (non-hydrogen) atoms. The quantitative estimate of drug-likeness (QED) is 0.920. The molecule has 1 aromatic heterocycles. The normalized spacial score (nSPS) is 24.7. The molecular formula is C19H21N3O2S. The van der Waals surface area contributed by atoms with Gasteiger partial charge in [0.15, 0.2) is 0 Å². The summed E-state index contributed by atoms with van der Waals surface area (Å²) < 4.78 is 0. The first kappa shape index (κ1) is 16.3. The van der Waals surface area contributed by atoms with E-state index >= 15 is 0 Å². The number of aryl methyl sites for hydroxylation is 2. The van der Waals surface area contributed by atoms with Crippen molar-refractivity contribution in [3.05, 3.63) is 40.5 Å². The van der Waals surface area contributed by atoms with Gasteiger partial charge in [0.05, 0.1) is 9.88 Å². The van der Waals surface area contributed by atoms with Crippen LogP contribution in [0.2, 0.25) is 0 Å². The highest BCUT2D eigenvalue weighted by atomic mass is 32.1. The van der Waals surface area contributed by atoms with Crippen LogP contribution < -0.4 is 5.73 Å². The summed E-state index contributed by atoms with van der Waals surface area (Å²) in [5.41, 5.74) is 8.22. The Kier molecular flexibility index (Phi) is 3.87. The van der Waals surface area contributed by atoms with E-state index in [0.29, 0.717) is 5.69 Å². The molecule has 1 aliphatic carbocycles. The van der Waals surface area contributed by atoms with E-state index in [1.807, 2.05) is 38.1 Å². The maximum absolute atomic E-state index is 13.3. The lowest BCUT2D eigenvalue weighted by molar-refractivity contribution is -0.123. The van der Waals surface area contributed by atoms with Crippen molar-refractivity contribution >= 4 is 23.2 Å². The number of hydrogen-bond donors (Lipinski definition) is 1. The Morgan fingerprint density at radius 2 is 1.92 bits per heavy atom. The van der Waals surface area contributed by atoms with Crippen molar-refractivity contribution in [2.24, 2.45) is 11.7 Å². The molecule has 4 rings (SSSR count). The van der Waals surface area contributed by atoms with Crippen molar-refractivity contribution < 1.29 is 9.59 Å². The van der Waals surface area contributed by atoms with Crippen molar-refractivity contribution in [2.45, 2.75) is 45.2 Å². The lowest BCUT2D eigenvalue weighted by Gasteiger charge is -2.33. The average molecular weight is 355 g/mol. The number of hydrogen-bond acceptors (Lipinski definition) is 4. The van der Waals surface area contributed by atoms with E-state index in [0.717, 1.165) is 34.7 Å². The number of fused-ring (bicyclic) bond motifs is 2. The van der Waals surface area contributed by atoms with E-state index in [9.17, 15) is 9.59 Å². The molecule has 1 aromatic carbocycles. The van der Waals surface area contributed by atoms with Crippen molar-refractivity contribution in [1.82, 2.24) is 9.88 Å². The second kappa shape index (κ2) is 5.95. The number of primary amides is 1. The van der Waals surface area contributed by atoms with Gasteiger partial charge in [0.1, 0.15) is 11.7 Å². The molecule has 2 heterocycles. The van der Waals surface area contributed by atoms with Crippen LogP contribution in [0.5, 0.6) is 0 Å². The van der Waals surface area contributed by atoms with Crippen molar-refractivity contribution in [3.63, 3.8) is 0 Å². The Labute approximate surface area is 150 Å². The van der Waals surface area contributed by atoms with Gasteiger partial charge < -0.3 is 10.6 Å². The highest BCUT2D eigenvalue weighted by Crippen LogP contribution is 2.44. The molecular weight excluding hydrogens is 334 g/mol. The predicted octanol–water partition coefficient (Wildman–Crippen LogP) is 2.91. The molecule has 1 aliphatic heterocycles. The molecule has 0 spiro atoms. The zero-order valence-electron chi connectivity index (χ0n) is 14.4. The molecule has 0 unspecified atom stereocenters. The number of benzene rings is 1. The summed E-state index contributed by atoms with van der Waals surface area (Å²) in [5.74, 6) is -0.352. The molecule has 2 fully saturated rings. The fourth-order valence-corrected chi connectivity index (χ4v) is 5.16. The van der Waals surface area contributed by atoms with E-state index in [4.69, 9.17) is 5.73 Å².